The highest BCUT2D eigenvalue weighted by atomic mass is 32.2. The second kappa shape index (κ2) is 5.57. The number of nitrogens with two attached hydrogens (primary N) is 1. The van der Waals surface area contributed by atoms with Crippen LogP contribution >= 0.6 is 23.1 Å². The summed E-state index contributed by atoms with van der Waals surface area (Å²) < 4.78 is 54.3. The number of aromatic nitrogens is 4. The van der Waals surface area contributed by atoms with Crippen LogP contribution in [0.2, 0.25) is 0 Å². The molecule has 0 aromatic carbocycles. The van der Waals surface area contributed by atoms with Gasteiger partial charge in [-0.3, -0.25) is 0 Å². The van der Waals surface area contributed by atoms with Gasteiger partial charge in [0.25, 0.3) is 11.9 Å². The van der Waals surface area contributed by atoms with Gasteiger partial charge in [0.1, 0.15) is 0 Å². The van der Waals surface area contributed by atoms with Gasteiger partial charge in [-0.15, -0.1) is 21.5 Å². The van der Waals surface area contributed by atoms with Crippen molar-refractivity contribution in [2.75, 3.05) is 5.84 Å². The highest BCUT2D eigenvalue weighted by Gasteiger charge is 2.24. The number of thiophene rings is 1. The Labute approximate surface area is 128 Å². The van der Waals surface area contributed by atoms with Gasteiger partial charge in [-0.25, -0.2) is 13.5 Å². The molecule has 0 fully saturated rings. The van der Waals surface area contributed by atoms with Gasteiger partial charge in [-0.2, -0.15) is 13.8 Å². The van der Waals surface area contributed by atoms with Crippen molar-refractivity contribution in [3.63, 3.8) is 0 Å². The minimum atomic E-state index is -1.75. The summed E-state index contributed by atoms with van der Waals surface area (Å²) in [5.74, 6) is -0.730. The average Bonchev–Trinajstić information content (AvgIpc) is 3.12. The van der Waals surface area contributed by atoms with Crippen molar-refractivity contribution in [2.24, 2.45) is 0 Å². The summed E-state index contributed by atoms with van der Waals surface area (Å²) in [4.78, 5) is 2.22. The fourth-order valence-electron chi connectivity index (χ4n) is 1.57. The molecule has 22 heavy (non-hydrogen) atoms. The molecule has 0 spiro atoms. The fraction of sp³-hybridized carbons (Fsp3) is 0. The van der Waals surface area contributed by atoms with E-state index in [4.69, 9.17) is 5.84 Å². The van der Waals surface area contributed by atoms with Crippen LogP contribution in [0.3, 0.4) is 0 Å². The van der Waals surface area contributed by atoms with Crippen molar-refractivity contribution >= 4 is 23.1 Å². The number of rotatable bonds is 3. The fourth-order valence-corrected chi connectivity index (χ4v) is 3.07. The molecule has 2 N–H and O–H groups in total. The Bertz CT molecular complexity index is 807. The molecule has 3 heterocycles. The zero-order valence-electron chi connectivity index (χ0n) is 10.4. The number of halogens is 4. The maximum absolute atomic E-state index is 13.6. The predicted octanol–water partition coefficient (Wildman–Crippen LogP) is 2.82. The van der Waals surface area contributed by atoms with E-state index in [9.17, 15) is 17.6 Å². The predicted molar refractivity (Wildman–Crippen MR) is 71.7 cm³/mol. The Morgan fingerprint density at radius 1 is 1.09 bits per heavy atom. The van der Waals surface area contributed by atoms with Gasteiger partial charge in [-0.1, -0.05) is 6.07 Å². The summed E-state index contributed by atoms with van der Waals surface area (Å²) >= 11 is 1.64. The number of hydrogen-bond acceptors (Lipinski definition) is 6. The van der Waals surface area contributed by atoms with Gasteiger partial charge in [0, 0.05) is 0 Å². The number of pyridine rings is 1. The zero-order chi connectivity index (χ0) is 15.9. The lowest BCUT2D eigenvalue weighted by molar-refractivity contribution is 0.383. The quantitative estimate of drug-likeness (QED) is 0.448. The third-order valence-electron chi connectivity index (χ3n) is 2.56. The molecule has 3 aromatic heterocycles. The molecule has 0 amide bonds. The first-order chi connectivity index (χ1) is 10.5. The summed E-state index contributed by atoms with van der Waals surface area (Å²) in [5.41, 5.74) is 0. The molecule has 5 nitrogen and oxygen atoms in total. The van der Waals surface area contributed by atoms with Crippen molar-refractivity contribution in [1.29, 1.82) is 0 Å². The summed E-state index contributed by atoms with van der Waals surface area (Å²) in [6.45, 7) is 0. The SMILES string of the molecule is Nn1c(Sc2c(F)c(F)nc(F)c2F)nnc1-c1cccs1. The molecule has 0 aliphatic rings. The van der Waals surface area contributed by atoms with Gasteiger partial charge in [-0.05, 0) is 23.2 Å². The van der Waals surface area contributed by atoms with E-state index in [0.717, 1.165) is 4.68 Å². The first-order valence-electron chi connectivity index (χ1n) is 5.61. The maximum atomic E-state index is 13.6. The van der Waals surface area contributed by atoms with Crippen molar-refractivity contribution in [3.05, 3.63) is 41.0 Å². The Balaban J connectivity index is 2.02. The van der Waals surface area contributed by atoms with Crippen LogP contribution in [0.15, 0.2) is 27.6 Å². The molecule has 0 radical (unpaired) electrons. The minimum Gasteiger partial charge on any atom is -0.335 e. The normalized spacial score (nSPS) is 11.1. The van der Waals surface area contributed by atoms with Crippen molar-refractivity contribution < 1.29 is 17.6 Å². The second-order valence-corrected chi connectivity index (χ2v) is 5.83. The van der Waals surface area contributed by atoms with E-state index in [1.165, 1.54) is 11.3 Å². The van der Waals surface area contributed by atoms with Crippen LogP contribution in [0.5, 0.6) is 0 Å². The van der Waals surface area contributed by atoms with Gasteiger partial charge in [0.05, 0.1) is 9.77 Å². The van der Waals surface area contributed by atoms with E-state index in [1.807, 2.05) is 0 Å². The molecular weight excluding hydrogens is 342 g/mol. The largest absolute Gasteiger partial charge is 0.335 e. The summed E-state index contributed by atoms with van der Waals surface area (Å²) in [6.07, 6.45) is 0. The maximum Gasteiger partial charge on any atom is 0.252 e. The molecule has 11 heteroatoms. The van der Waals surface area contributed by atoms with E-state index >= 15 is 0 Å². The van der Waals surface area contributed by atoms with Crippen LogP contribution in [0, 0.1) is 23.5 Å². The van der Waals surface area contributed by atoms with Gasteiger partial charge in [0.2, 0.25) is 5.16 Å². The van der Waals surface area contributed by atoms with Gasteiger partial charge in [0.15, 0.2) is 17.5 Å². The molecule has 0 unspecified atom stereocenters. The summed E-state index contributed by atoms with van der Waals surface area (Å²) in [7, 11) is 0. The highest BCUT2D eigenvalue weighted by Crippen LogP contribution is 2.33. The molecular formula is C11H5F4N5S2. The Morgan fingerprint density at radius 2 is 1.77 bits per heavy atom. The lowest BCUT2D eigenvalue weighted by Gasteiger charge is -2.05. The Hall–Kier alpha value is -2.14. The summed E-state index contributed by atoms with van der Waals surface area (Å²) in [5, 5.41) is 9.10. The van der Waals surface area contributed by atoms with E-state index in [2.05, 4.69) is 15.2 Å². The van der Waals surface area contributed by atoms with Gasteiger partial charge >= 0.3 is 0 Å². The van der Waals surface area contributed by atoms with E-state index < -0.39 is 28.4 Å². The summed E-state index contributed by atoms with van der Waals surface area (Å²) in [6, 6.07) is 3.48. The number of nitrogens with zero attached hydrogens (tertiary/aromatic N) is 4. The van der Waals surface area contributed by atoms with Crippen LogP contribution in [0.25, 0.3) is 10.7 Å². The first kappa shape index (κ1) is 14.8. The lowest BCUT2D eigenvalue weighted by atomic mass is 10.4. The zero-order valence-corrected chi connectivity index (χ0v) is 12.1. The van der Waals surface area contributed by atoms with Crippen LogP contribution in [-0.2, 0) is 0 Å². The standard InChI is InChI=1S/C11H5F4N5S2/c12-5-7(6(13)9(15)17-8(5)14)22-11-19-18-10(20(11)16)4-2-1-3-21-4/h1-3H,16H2. The first-order valence-corrected chi connectivity index (χ1v) is 7.31. The highest BCUT2D eigenvalue weighted by molar-refractivity contribution is 7.99. The average molecular weight is 347 g/mol. The van der Waals surface area contributed by atoms with Crippen LogP contribution in [0.4, 0.5) is 17.6 Å². The molecule has 0 aliphatic heterocycles. The second-order valence-electron chi connectivity index (χ2n) is 3.91. The molecule has 0 saturated carbocycles. The van der Waals surface area contributed by atoms with E-state index in [1.54, 1.807) is 17.5 Å². The molecule has 0 saturated heterocycles. The van der Waals surface area contributed by atoms with Crippen LogP contribution in [-0.4, -0.2) is 19.9 Å². The Morgan fingerprint density at radius 3 is 2.36 bits per heavy atom. The Kier molecular flexibility index (Phi) is 3.74. The van der Waals surface area contributed by atoms with Crippen molar-refractivity contribution in [2.45, 2.75) is 10.1 Å². The van der Waals surface area contributed by atoms with Crippen LogP contribution in [0.1, 0.15) is 0 Å². The van der Waals surface area contributed by atoms with Crippen molar-refractivity contribution in [3.8, 4) is 10.7 Å². The molecule has 3 rings (SSSR count). The molecule has 114 valence electrons. The smallest absolute Gasteiger partial charge is 0.252 e. The van der Waals surface area contributed by atoms with E-state index in [0.29, 0.717) is 16.6 Å². The lowest BCUT2D eigenvalue weighted by Crippen LogP contribution is -2.11. The number of nitrogen functional groups attached to an aromatic ring is 1. The molecule has 0 atom stereocenters. The molecule has 0 bridgehead atoms. The monoisotopic (exact) mass is 347 g/mol. The van der Waals surface area contributed by atoms with Crippen molar-refractivity contribution in [1.82, 2.24) is 19.9 Å². The van der Waals surface area contributed by atoms with E-state index in [-0.39, 0.29) is 11.0 Å². The minimum absolute atomic E-state index is 0.133. The topological polar surface area (TPSA) is 69.6 Å². The van der Waals surface area contributed by atoms with Crippen LogP contribution < -0.4 is 5.84 Å². The molecule has 0 aliphatic carbocycles. The molecule has 3 aromatic rings. The third kappa shape index (κ3) is 2.41. The number of hydrogen-bond donors (Lipinski definition) is 1. The third-order valence-corrected chi connectivity index (χ3v) is 4.45. The van der Waals surface area contributed by atoms with Gasteiger partial charge < -0.3 is 5.84 Å².